The molecule has 0 aliphatic heterocycles. The van der Waals surface area contributed by atoms with Crippen molar-refractivity contribution in [2.24, 2.45) is 0 Å². The van der Waals surface area contributed by atoms with E-state index in [1.54, 1.807) is 12.5 Å². The van der Waals surface area contributed by atoms with Crippen LogP contribution >= 0.6 is 0 Å². The van der Waals surface area contributed by atoms with Gasteiger partial charge >= 0.3 is 0 Å². The maximum Gasteiger partial charge on any atom is 0.0938 e. The predicted molar refractivity (Wildman–Crippen MR) is 36.7 cm³/mol. The average Bonchev–Trinajstić information content (AvgIpc) is 2.37. The summed E-state index contributed by atoms with van der Waals surface area (Å²) in [4.78, 5) is 0. The Morgan fingerprint density at radius 2 is 2.40 bits per heavy atom. The molecule has 0 radical (unpaired) electrons. The van der Waals surface area contributed by atoms with Crippen LogP contribution in [0.1, 0.15) is 24.3 Å². The summed E-state index contributed by atoms with van der Waals surface area (Å²) in [5, 5.41) is 9.24. The highest BCUT2D eigenvalue weighted by molar-refractivity contribution is 5.17. The van der Waals surface area contributed by atoms with E-state index in [9.17, 15) is 5.11 Å². The molecule has 2 nitrogen and oxygen atoms in total. The lowest BCUT2D eigenvalue weighted by Crippen LogP contribution is -2.28. The quantitative estimate of drug-likeness (QED) is 0.638. The molecule has 1 N–H and O–H groups in total. The summed E-state index contributed by atoms with van der Waals surface area (Å²) < 4.78 is 4.91. The van der Waals surface area contributed by atoms with Gasteiger partial charge in [0.1, 0.15) is 0 Å². The summed E-state index contributed by atoms with van der Waals surface area (Å²) >= 11 is 0. The predicted octanol–water partition coefficient (Wildman–Crippen LogP) is 1.52. The summed E-state index contributed by atoms with van der Waals surface area (Å²) in [5.74, 6) is 0.346. The number of aliphatic hydroxyl groups is 1. The van der Waals surface area contributed by atoms with Gasteiger partial charge in [-0.3, -0.25) is 0 Å². The first-order chi connectivity index (χ1) is 4.88. The van der Waals surface area contributed by atoms with E-state index in [1.165, 1.54) is 0 Å². The molecule has 0 aromatic carbocycles. The van der Waals surface area contributed by atoms with Crippen LogP contribution in [0.25, 0.3) is 0 Å². The second-order valence-corrected chi connectivity index (χ2v) is 2.81. The van der Waals surface area contributed by atoms with Crippen LogP contribution < -0.4 is 0 Å². The van der Waals surface area contributed by atoms with Gasteiger partial charge in [-0.05, 0) is 24.5 Å². The maximum atomic E-state index is 9.24. The van der Waals surface area contributed by atoms with Gasteiger partial charge in [0.2, 0.25) is 0 Å². The van der Waals surface area contributed by atoms with E-state index in [0.29, 0.717) is 5.92 Å². The lowest BCUT2D eigenvalue weighted by Gasteiger charge is -2.31. The fraction of sp³-hybridized carbons (Fsp3) is 0.500. The molecule has 2 atom stereocenters. The zero-order chi connectivity index (χ0) is 6.97. The Hall–Kier alpha value is -0.760. The summed E-state index contributed by atoms with van der Waals surface area (Å²) in [7, 11) is 0. The molecule has 0 bridgehead atoms. The van der Waals surface area contributed by atoms with Crippen LogP contribution in [0.2, 0.25) is 0 Å². The van der Waals surface area contributed by atoms with E-state index in [1.807, 2.05) is 6.07 Å². The molecule has 1 saturated carbocycles. The molecule has 1 aromatic rings. The van der Waals surface area contributed by atoms with Crippen molar-refractivity contribution in [3.05, 3.63) is 24.2 Å². The second-order valence-electron chi connectivity index (χ2n) is 2.81. The molecule has 1 aromatic heterocycles. The standard InChI is InChI=1S/C8H10O2/c9-8-2-1-7(8)6-3-4-10-5-6/h3-5,7-9H,1-2H2. The first-order valence-electron chi connectivity index (χ1n) is 3.58. The molecule has 1 aliphatic rings. The van der Waals surface area contributed by atoms with Crippen molar-refractivity contribution >= 4 is 0 Å². The van der Waals surface area contributed by atoms with Crippen molar-refractivity contribution in [2.45, 2.75) is 24.9 Å². The molecule has 2 rings (SSSR count). The van der Waals surface area contributed by atoms with Crippen LogP contribution in [0.5, 0.6) is 0 Å². The maximum absolute atomic E-state index is 9.24. The number of furan rings is 1. The minimum absolute atomic E-state index is 0.127. The zero-order valence-corrected chi connectivity index (χ0v) is 5.66. The first-order valence-corrected chi connectivity index (χ1v) is 3.58. The van der Waals surface area contributed by atoms with Gasteiger partial charge in [-0.25, -0.2) is 0 Å². The molecule has 1 fully saturated rings. The third-order valence-corrected chi connectivity index (χ3v) is 2.21. The Kier molecular flexibility index (Phi) is 1.27. The average molecular weight is 138 g/mol. The molecule has 1 aliphatic carbocycles. The molecule has 0 saturated heterocycles. The van der Waals surface area contributed by atoms with Crippen LogP contribution in [0.3, 0.4) is 0 Å². The SMILES string of the molecule is OC1CCC1c1ccoc1. The van der Waals surface area contributed by atoms with Crippen molar-refractivity contribution in [1.82, 2.24) is 0 Å². The lowest BCUT2D eigenvalue weighted by molar-refractivity contribution is 0.0658. The van der Waals surface area contributed by atoms with Crippen LogP contribution in [0.15, 0.2) is 23.0 Å². The van der Waals surface area contributed by atoms with Crippen LogP contribution in [-0.4, -0.2) is 11.2 Å². The van der Waals surface area contributed by atoms with E-state index >= 15 is 0 Å². The third kappa shape index (κ3) is 0.762. The van der Waals surface area contributed by atoms with E-state index in [0.717, 1.165) is 18.4 Å². The normalized spacial score (nSPS) is 31.7. The minimum Gasteiger partial charge on any atom is -0.472 e. The Labute approximate surface area is 59.5 Å². The Balaban J connectivity index is 2.14. The lowest BCUT2D eigenvalue weighted by atomic mass is 9.78. The fourth-order valence-electron chi connectivity index (χ4n) is 1.36. The number of hydrogen-bond acceptors (Lipinski definition) is 2. The fourth-order valence-corrected chi connectivity index (χ4v) is 1.36. The van der Waals surface area contributed by atoms with E-state index in [4.69, 9.17) is 4.42 Å². The monoisotopic (exact) mass is 138 g/mol. The van der Waals surface area contributed by atoms with Gasteiger partial charge in [-0.1, -0.05) is 0 Å². The Morgan fingerprint density at radius 3 is 2.80 bits per heavy atom. The van der Waals surface area contributed by atoms with Gasteiger partial charge in [0, 0.05) is 5.92 Å². The van der Waals surface area contributed by atoms with Crippen molar-refractivity contribution in [3.63, 3.8) is 0 Å². The van der Waals surface area contributed by atoms with Gasteiger partial charge in [0.25, 0.3) is 0 Å². The van der Waals surface area contributed by atoms with Crippen molar-refractivity contribution < 1.29 is 9.52 Å². The summed E-state index contributed by atoms with van der Waals surface area (Å²) in [6.07, 6.45) is 5.28. The minimum atomic E-state index is -0.127. The highest BCUT2D eigenvalue weighted by atomic mass is 16.3. The number of hydrogen-bond donors (Lipinski definition) is 1. The van der Waals surface area contributed by atoms with Gasteiger partial charge in [0.15, 0.2) is 0 Å². The van der Waals surface area contributed by atoms with Gasteiger partial charge in [-0.2, -0.15) is 0 Å². The first kappa shape index (κ1) is 5.98. The smallest absolute Gasteiger partial charge is 0.0938 e. The van der Waals surface area contributed by atoms with Gasteiger partial charge in [-0.15, -0.1) is 0 Å². The number of aliphatic hydroxyl groups excluding tert-OH is 1. The van der Waals surface area contributed by atoms with Crippen molar-refractivity contribution in [3.8, 4) is 0 Å². The van der Waals surface area contributed by atoms with Crippen LogP contribution in [0, 0.1) is 0 Å². The Bertz CT molecular complexity index is 203. The van der Waals surface area contributed by atoms with E-state index in [-0.39, 0.29) is 6.10 Å². The van der Waals surface area contributed by atoms with Crippen LogP contribution in [-0.2, 0) is 0 Å². The highest BCUT2D eigenvalue weighted by Crippen LogP contribution is 2.36. The molecule has 0 spiro atoms. The molecular formula is C8H10O2. The van der Waals surface area contributed by atoms with E-state index in [2.05, 4.69) is 0 Å². The molecule has 10 heavy (non-hydrogen) atoms. The van der Waals surface area contributed by atoms with Crippen LogP contribution in [0.4, 0.5) is 0 Å². The van der Waals surface area contributed by atoms with E-state index < -0.39 is 0 Å². The van der Waals surface area contributed by atoms with Crippen molar-refractivity contribution in [1.29, 1.82) is 0 Å². The molecule has 54 valence electrons. The topological polar surface area (TPSA) is 33.4 Å². The highest BCUT2D eigenvalue weighted by Gasteiger charge is 2.30. The summed E-state index contributed by atoms with van der Waals surface area (Å²) in [5.41, 5.74) is 1.14. The van der Waals surface area contributed by atoms with Gasteiger partial charge in [0.05, 0.1) is 18.6 Å². The molecule has 2 heteroatoms. The second kappa shape index (κ2) is 2.13. The Morgan fingerprint density at radius 1 is 1.50 bits per heavy atom. The van der Waals surface area contributed by atoms with Gasteiger partial charge < -0.3 is 9.52 Å². The molecule has 2 unspecified atom stereocenters. The van der Waals surface area contributed by atoms with Crippen molar-refractivity contribution in [2.75, 3.05) is 0 Å². The molecule has 0 amide bonds. The third-order valence-electron chi connectivity index (χ3n) is 2.21. The summed E-state index contributed by atoms with van der Waals surface area (Å²) in [6, 6.07) is 1.92. The largest absolute Gasteiger partial charge is 0.472 e. The summed E-state index contributed by atoms with van der Waals surface area (Å²) in [6.45, 7) is 0. The number of rotatable bonds is 1. The molecule has 1 heterocycles. The zero-order valence-electron chi connectivity index (χ0n) is 5.66. The molecular weight excluding hydrogens is 128 g/mol.